The molecule has 146 valence electrons. The van der Waals surface area contributed by atoms with Gasteiger partial charge in [0.1, 0.15) is 0 Å². The first kappa shape index (κ1) is 21.8. The minimum atomic E-state index is -7.67. The van der Waals surface area contributed by atoms with Crippen LogP contribution in [0.3, 0.4) is 0 Å². The van der Waals surface area contributed by atoms with Crippen molar-refractivity contribution in [1.29, 1.82) is 0 Å². The molecule has 0 unspecified atom stereocenters. The maximum Gasteiger partial charge on any atom is 1.00 e. The van der Waals surface area contributed by atoms with E-state index < -0.39 is 58.5 Å². The molecule has 4 aliphatic carbocycles. The molecule has 0 saturated heterocycles. The zero-order chi connectivity index (χ0) is 20.1. The van der Waals surface area contributed by atoms with Crippen molar-refractivity contribution in [3.8, 4) is 0 Å². The van der Waals surface area contributed by atoms with Gasteiger partial charge in [-0.25, -0.2) is 39.5 Å². The molecule has 4 fully saturated rings. The predicted octanol–water partition coefficient (Wildman–Crippen LogP) is 1.54. The second kappa shape index (κ2) is 4.26. The largest absolute Gasteiger partial charge is 1.00 e. The Labute approximate surface area is 144 Å². The number of rotatable bonds is 0. The summed E-state index contributed by atoms with van der Waals surface area (Å²) in [5, 5.41) is 0. The first-order valence-corrected chi connectivity index (χ1v) is 5.83. The van der Waals surface area contributed by atoms with Crippen molar-refractivity contribution in [2.45, 2.75) is 52.5 Å². The normalized spacial score (nSPS) is 48.1. The van der Waals surface area contributed by atoms with E-state index in [0.717, 1.165) is 0 Å². The van der Waals surface area contributed by atoms with Crippen LogP contribution in [0.4, 0.5) is 65.9 Å². The summed E-state index contributed by atoms with van der Waals surface area (Å²) in [5.74, 6) is -49.6. The molecule has 4 rings (SSSR count). The van der Waals surface area contributed by atoms with Crippen LogP contribution < -0.4 is 18.9 Å². The monoisotopic (exact) mass is 412 g/mol. The summed E-state index contributed by atoms with van der Waals surface area (Å²) in [4.78, 5) is 0. The third-order valence-electron chi connectivity index (χ3n) is 4.84. The summed E-state index contributed by atoms with van der Waals surface area (Å²) >= 11 is 0. The maximum atomic E-state index is 14.0. The molecule has 0 aromatic carbocycles. The Bertz CT molecular complexity index is 557. The van der Waals surface area contributed by atoms with Crippen LogP contribution >= 0.6 is 0 Å². The molecule has 4 saturated carbocycles. The third-order valence-corrected chi connectivity index (χ3v) is 4.84. The van der Waals surface area contributed by atoms with Gasteiger partial charge in [0.15, 0.2) is 17.8 Å². The Balaban J connectivity index is 0.00000243. The Morgan fingerprint density at radius 2 is 0.500 bits per heavy atom. The van der Waals surface area contributed by atoms with Gasteiger partial charge in [-0.15, -0.1) is 0 Å². The molecule has 16 heteroatoms. The molecule has 0 N–H and O–H groups in total. The smallest absolute Gasteiger partial charge is 0.239 e. The molecule has 0 spiro atoms. The van der Waals surface area contributed by atoms with Gasteiger partial charge in [0.2, 0.25) is 0 Å². The first-order valence-electron chi connectivity index (χ1n) is 5.83. The van der Waals surface area contributed by atoms with Crippen LogP contribution in [-0.4, -0.2) is 52.5 Å². The number of hydrogen-bond donors (Lipinski definition) is 0. The van der Waals surface area contributed by atoms with Gasteiger partial charge in [-0.2, -0.15) is 26.3 Å². The average molecular weight is 412 g/mol. The average Bonchev–Trinajstić information content (AvgIpc) is 2.38. The summed E-state index contributed by atoms with van der Waals surface area (Å²) in [6, 6.07) is 0. The molecule has 0 heterocycles. The quantitative estimate of drug-likeness (QED) is 0.322. The molecule has 0 aliphatic heterocycles. The van der Waals surface area contributed by atoms with E-state index in [1.807, 2.05) is 0 Å². The summed E-state index contributed by atoms with van der Waals surface area (Å²) < 4.78 is 205. The van der Waals surface area contributed by atoms with Crippen LogP contribution in [0.1, 0.15) is 0 Å². The molecule has 0 amide bonds. The van der Waals surface area contributed by atoms with Crippen molar-refractivity contribution in [3.05, 3.63) is 5.92 Å². The molecule has 4 aliphatic rings. The van der Waals surface area contributed by atoms with Crippen LogP contribution in [0.5, 0.6) is 0 Å². The van der Waals surface area contributed by atoms with E-state index in [-0.39, 0.29) is 18.9 Å². The van der Waals surface area contributed by atoms with E-state index in [1.165, 1.54) is 0 Å². The topological polar surface area (TPSA) is 0 Å². The Kier molecular flexibility index (Phi) is 3.58. The van der Waals surface area contributed by atoms with Gasteiger partial charge >= 0.3 is 36.6 Å². The zero-order valence-corrected chi connectivity index (χ0v) is 11.7. The van der Waals surface area contributed by atoms with Crippen LogP contribution in [-0.2, 0) is 0 Å². The second-order valence-corrected chi connectivity index (χ2v) is 5.80. The van der Waals surface area contributed by atoms with E-state index in [1.54, 1.807) is 0 Å². The van der Waals surface area contributed by atoms with Crippen molar-refractivity contribution >= 4 is 0 Å². The van der Waals surface area contributed by atoms with Gasteiger partial charge in [-0.3, -0.25) is 0 Å². The summed E-state index contributed by atoms with van der Waals surface area (Å²) in [6.45, 7) is 0. The van der Waals surface area contributed by atoms with Crippen molar-refractivity contribution in [2.75, 3.05) is 0 Å². The van der Waals surface area contributed by atoms with Gasteiger partial charge in [0.25, 0.3) is 17.0 Å². The maximum absolute atomic E-state index is 14.0. The predicted molar refractivity (Wildman–Crippen MR) is 44.4 cm³/mol. The van der Waals surface area contributed by atoms with Gasteiger partial charge < -0.3 is 0 Å². The zero-order valence-electron chi connectivity index (χ0n) is 11.7. The third kappa shape index (κ3) is 1.23. The van der Waals surface area contributed by atoms with E-state index in [9.17, 15) is 65.9 Å². The summed E-state index contributed by atoms with van der Waals surface area (Å²) in [5.41, 5.74) is -22.3. The van der Waals surface area contributed by atoms with Crippen molar-refractivity contribution < 1.29 is 84.7 Å². The standard InChI is InChI=1S/C10F15.Li/c11-2(12)1-3(13,14)6(18)8(20,21)5(2,17)9(22,23)7(19,4(1,15)16)10(6,24)25;/q-1;+1. The molecule has 0 atom stereocenters. The molecule has 0 aromatic heterocycles. The van der Waals surface area contributed by atoms with Crippen molar-refractivity contribution in [1.82, 2.24) is 0 Å². The van der Waals surface area contributed by atoms with Crippen LogP contribution in [0.25, 0.3) is 0 Å². The summed E-state index contributed by atoms with van der Waals surface area (Å²) in [6.07, 6.45) is 0. The van der Waals surface area contributed by atoms with Crippen LogP contribution in [0.2, 0.25) is 0 Å². The van der Waals surface area contributed by atoms with Gasteiger partial charge in [-0.05, 0) is 0 Å². The van der Waals surface area contributed by atoms with E-state index in [0.29, 0.717) is 0 Å². The molecule has 0 nitrogen and oxygen atoms in total. The van der Waals surface area contributed by atoms with Crippen LogP contribution in [0.15, 0.2) is 0 Å². The Morgan fingerprint density at radius 3 is 0.654 bits per heavy atom. The number of halogens is 15. The fraction of sp³-hybridized carbons (Fsp3) is 0.900. The molecule has 0 radical (unpaired) electrons. The van der Waals surface area contributed by atoms with Gasteiger partial charge in [0, 0.05) is 0 Å². The minimum Gasteiger partial charge on any atom is -0.239 e. The minimum absolute atomic E-state index is 0. The Morgan fingerprint density at radius 1 is 0.346 bits per heavy atom. The van der Waals surface area contributed by atoms with Crippen LogP contribution in [0, 0.1) is 5.92 Å². The van der Waals surface area contributed by atoms with Gasteiger partial charge in [-0.1, -0.05) is 5.92 Å². The summed E-state index contributed by atoms with van der Waals surface area (Å²) in [7, 11) is 0. The first-order chi connectivity index (χ1) is 10.6. The van der Waals surface area contributed by atoms with E-state index >= 15 is 0 Å². The molecule has 26 heavy (non-hydrogen) atoms. The van der Waals surface area contributed by atoms with E-state index in [2.05, 4.69) is 0 Å². The SMILES string of the molecule is FC1(F)[C-]2C(F)(F)C3(F)C(F)(F)C1(F)C(F)(F)C(F)(C2(F)F)C3(F)F.[Li+]. The molecule has 4 bridgehead atoms. The van der Waals surface area contributed by atoms with E-state index in [4.69, 9.17) is 0 Å². The Hall–Kier alpha value is -0.453. The molecule has 0 aromatic rings. The fourth-order valence-electron chi connectivity index (χ4n) is 3.59. The molecular formula is C10F15Li. The number of alkyl halides is 15. The van der Waals surface area contributed by atoms with Crippen molar-refractivity contribution in [2.24, 2.45) is 0 Å². The number of hydrogen-bond acceptors (Lipinski definition) is 0. The second-order valence-electron chi connectivity index (χ2n) is 5.80. The molecular weight excluding hydrogens is 412 g/mol. The fourth-order valence-corrected chi connectivity index (χ4v) is 3.59. The van der Waals surface area contributed by atoms with Crippen molar-refractivity contribution in [3.63, 3.8) is 0 Å². The van der Waals surface area contributed by atoms with Gasteiger partial charge in [0.05, 0.1) is 0 Å².